The Morgan fingerprint density at radius 1 is 1.20 bits per heavy atom. The molecule has 0 atom stereocenters. The first-order chi connectivity index (χ1) is 12.3. The SMILES string of the molecule is O=C(CSc1nc2ncccc2n2cccc12)NCCc1ccco1. The lowest BCUT2D eigenvalue weighted by molar-refractivity contribution is -0.118. The van der Waals surface area contributed by atoms with Crippen molar-refractivity contribution < 1.29 is 9.21 Å². The third kappa shape index (κ3) is 3.36. The fraction of sp³-hybridized carbons (Fsp3) is 0.167. The second-order valence-electron chi connectivity index (χ2n) is 5.49. The zero-order chi connectivity index (χ0) is 17.1. The zero-order valence-electron chi connectivity index (χ0n) is 13.4. The maximum absolute atomic E-state index is 12.1. The molecule has 4 aromatic heterocycles. The standard InChI is InChI=1S/C18H16N4O2S/c23-16(19-9-7-13-4-3-11-24-13)12-25-18-15-6-2-10-22(15)14-5-1-8-20-17(14)21-18/h1-6,8,10-11H,7,9,12H2,(H,19,23). The van der Waals surface area contributed by atoms with Gasteiger partial charge in [-0.25, -0.2) is 9.97 Å². The maximum atomic E-state index is 12.1. The Morgan fingerprint density at radius 2 is 2.12 bits per heavy atom. The molecule has 4 rings (SSSR count). The van der Waals surface area contributed by atoms with Gasteiger partial charge in [0, 0.05) is 25.4 Å². The molecule has 126 valence electrons. The van der Waals surface area contributed by atoms with Crippen molar-refractivity contribution in [3.05, 3.63) is 60.8 Å². The van der Waals surface area contributed by atoms with Gasteiger partial charge in [-0.2, -0.15) is 0 Å². The van der Waals surface area contributed by atoms with E-state index in [1.165, 1.54) is 11.8 Å². The molecule has 4 heterocycles. The van der Waals surface area contributed by atoms with Crippen LogP contribution in [-0.2, 0) is 11.2 Å². The number of carbonyl (C=O) groups excluding carboxylic acids is 1. The molecular weight excluding hydrogens is 336 g/mol. The summed E-state index contributed by atoms with van der Waals surface area (Å²) in [7, 11) is 0. The van der Waals surface area contributed by atoms with Gasteiger partial charge in [-0.05, 0) is 36.4 Å². The Balaban J connectivity index is 1.43. The van der Waals surface area contributed by atoms with Gasteiger partial charge in [0.15, 0.2) is 5.65 Å². The average Bonchev–Trinajstić information content (AvgIpc) is 3.31. The summed E-state index contributed by atoms with van der Waals surface area (Å²) in [5, 5.41) is 3.70. The molecule has 0 saturated carbocycles. The highest BCUT2D eigenvalue weighted by Gasteiger charge is 2.11. The Morgan fingerprint density at radius 3 is 3.00 bits per heavy atom. The van der Waals surface area contributed by atoms with E-state index >= 15 is 0 Å². The number of pyridine rings is 1. The van der Waals surface area contributed by atoms with Crippen molar-refractivity contribution in [3.63, 3.8) is 0 Å². The molecule has 0 aliphatic rings. The van der Waals surface area contributed by atoms with Crippen LogP contribution in [-0.4, -0.2) is 32.6 Å². The van der Waals surface area contributed by atoms with Crippen molar-refractivity contribution in [2.24, 2.45) is 0 Å². The van der Waals surface area contributed by atoms with Crippen LogP contribution in [0.3, 0.4) is 0 Å². The van der Waals surface area contributed by atoms with E-state index in [4.69, 9.17) is 4.42 Å². The van der Waals surface area contributed by atoms with Crippen LogP contribution in [0.2, 0.25) is 0 Å². The van der Waals surface area contributed by atoms with E-state index < -0.39 is 0 Å². The average molecular weight is 352 g/mol. The summed E-state index contributed by atoms with van der Waals surface area (Å²) in [5.74, 6) is 1.15. The number of hydrogen-bond acceptors (Lipinski definition) is 5. The molecule has 25 heavy (non-hydrogen) atoms. The van der Waals surface area contributed by atoms with E-state index in [1.807, 2.05) is 47.0 Å². The highest BCUT2D eigenvalue weighted by Crippen LogP contribution is 2.25. The molecule has 1 N–H and O–H groups in total. The van der Waals surface area contributed by atoms with Crippen LogP contribution in [0.1, 0.15) is 5.76 Å². The van der Waals surface area contributed by atoms with Crippen molar-refractivity contribution in [1.29, 1.82) is 0 Å². The maximum Gasteiger partial charge on any atom is 0.230 e. The number of nitrogens with zero attached hydrogens (tertiary/aromatic N) is 3. The van der Waals surface area contributed by atoms with Gasteiger partial charge in [-0.15, -0.1) is 0 Å². The van der Waals surface area contributed by atoms with Gasteiger partial charge in [0.1, 0.15) is 10.8 Å². The van der Waals surface area contributed by atoms with Crippen LogP contribution in [0.5, 0.6) is 0 Å². The first kappa shape index (κ1) is 15.7. The normalized spacial score (nSPS) is 11.2. The number of nitrogens with one attached hydrogen (secondary N) is 1. The van der Waals surface area contributed by atoms with E-state index in [0.717, 1.165) is 21.8 Å². The fourth-order valence-corrected chi connectivity index (χ4v) is 3.49. The van der Waals surface area contributed by atoms with E-state index in [1.54, 1.807) is 12.5 Å². The van der Waals surface area contributed by atoms with Crippen LogP contribution < -0.4 is 5.32 Å². The molecule has 4 aromatic rings. The molecule has 7 heteroatoms. The predicted octanol–water partition coefficient (Wildman–Crippen LogP) is 2.93. The predicted molar refractivity (Wildman–Crippen MR) is 96.6 cm³/mol. The van der Waals surface area contributed by atoms with Gasteiger partial charge >= 0.3 is 0 Å². The minimum atomic E-state index is -0.0239. The minimum Gasteiger partial charge on any atom is -0.469 e. The van der Waals surface area contributed by atoms with Crippen LogP contribution in [0.4, 0.5) is 0 Å². The molecule has 6 nitrogen and oxygen atoms in total. The molecule has 1 amide bonds. The van der Waals surface area contributed by atoms with Crippen LogP contribution >= 0.6 is 11.8 Å². The highest BCUT2D eigenvalue weighted by molar-refractivity contribution is 8.00. The number of fused-ring (bicyclic) bond motifs is 3. The lowest BCUT2D eigenvalue weighted by Crippen LogP contribution is -2.27. The number of amides is 1. The van der Waals surface area contributed by atoms with Gasteiger partial charge in [0.2, 0.25) is 5.91 Å². The Hall–Kier alpha value is -2.80. The first-order valence-electron chi connectivity index (χ1n) is 7.95. The van der Waals surface area contributed by atoms with Crippen molar-refractivity contribution in [2.75, 3.05) is 12.3 Å². The van der Waals surface area contributed by atoms with Crippen molar-refractivity contribution in [3.8, 4) is 0 Å². The summed E-state index contributed by atoms with van der Waals surface area (Å²) in [6.45, 7) is 0.556. The molecule has 0 spiro atoms. The van der Waals surface area contributed by atoms with Crippen LogP contribution in [0, 0.1) is 0 Å². The topological polar surface area (TPSA) is 72.4 Å². The van der Waals surface area contributed by atoms with E-state index in [0.29, 0.717) is 24.4 Å². The quantitative estimate of drug-likeness (QED) is 0.540. The Labute approximate surface area is 148 Å². The van der Waals surface area contributed by atoms with Gasteiger partial charge < -0.3 is 14.1 Å². The summed E-state index contributed by atoms with van der Waals surface area (Å²) >= 11 is 1.42. The van der Waals surface area contributed by atoms with Gasteiger partial charge in [0.05, 0.1) is 23.0 Å². The van der Waals surface area contributed by atoms with E-state index in [9.17, 15) is 4.79 Å². The summed E-state index contributed by atoms with van der Waals surface area (Å²) in [6.07, 6.45) is 6.02. The number of rotatable bonds is 6. The fourth-order valence-electron chi connectivity index (χ4n) is 2.65. The molecule has 0 aromatic carbocycles. The van der Waals surface area contributed by atoms with E-state index in [2.05, 4.69) is 15.3 Å². The van der Waals surface area contributed by atoms with Gasteiger partial charge in [-0.3, -0.25) is 4.79 Å². The number of aromatic nitrogens is 3. The molecule has 0 unspecified atom stereocenters. The van der Waals surface area contributed by atoms with Crippen LogP contribution in [0.25, 0.3) is 16.7 Å². The third-order valence-electron chi connectivity index (χ3n) is 3.81. The molecule has 0 radical (unpaired) electrons. The lowest BCUT2D eigenvalue weighted by atomic mass is 10.3. The monoisotopic (exact) mass is 352 g/mol. The van der Waals surface area contributed by atoms with Crippen LogP contribution in [0.15, 0.2) is 64.5 Å². The molecular formula is C18H16N4O2S. The largest absolute Gasteiger partial charge is 0.469 e. The summed E-state index contributed by atoms with van der Waals surface area (Å²) in [4.78, 5) is 21.0. The number of carbonyl (C=O) groups is 1. The Kier molecular flexibility index (Phi) is 4.39. The summed E-state index contributed by atoms with van der Waals surface area (Å²) in [5.41, 5.74) is 2.61. The van der Waals surface area contributed by atoms with Gasteiger partial charge in [-0.1, -0.05) is 11.8 Å². The molecule has 0 aliphatic heterocycles. The second-order valence-corrected chi connectivity index (χ2v) is 6.46. The zero-order valence-corrected chi connectivity index (χ0v) is 14.2. The molecule has 0 saturated heterocycles. The number of hydrogen-bond donors (Lipinski definition) is 1. The van der Waals surface area contributed by atoms with Gasteiger partial charge in [0.25, 0.3) is 0 Å². The molecule has 0 bridgehead atoms. The van der Waals surface area contributed by atoms with Crippen molar-refractivity contribution in [2.45, 2.75) is 11.4 Å². The van der Waals surface area contributed by atoms with Crippen molar-refractivity contribution >= 4 is 34.3 Å². The minimum absolute atomic E-state index is 0.0239. The lowest BCUT2D eigenvalue weighted by Gasteiger charge is -2.08. The molecule has 0 fully saturated rings. The first-order valence-corrected chi connectivity index (χ1v) is 8.93. The second kappa shape index (κ2) is 6.98. The Bertz CT molecular complexity index is 1010. The number of furan rings is 1. The number of thioether (sulfide) groups is 1. The third-order valence-corrected chi connectivity index (χ3v) is 4.79. The summed E-state index contributed by atoms with van der Waals surface area (Å²) < 4.78 is 7.30. The van der Waals surface area contributed by atoms with Crippen molar-refractivity contribution in [1.82, 2.24) is 19.7 Å². The molecule has 0 aliphatic carbocycles. The van der Waals surface area contributed by atoms with E-state index in [-0.39, 0.29) is 5.91 Å². The highest BCUT2D eigenvalue weighted by atomic mass is 32.2. The smallest absolute Gasteiger partial charge is 0.230 e. The summed E-state index contributed by atoms with van der Waals surface area (Å²) in [6, 6.07) is 11.6.